The van der Waals surface area contributed by atoms with Crippen molar-refractivity contribution >= 4 is 29.0 Å². The third-order valence-electron chi connectivity index (χ3n) is 5.55. The highest BCUT2D eigenvalue weighted by molar-refractivity contribution is 7.10. The normalized spacial score (nSPS) is 10.7. The SMILES string of the molecule is CCOc1ccccc1NC(=O)N(CCOC)CC(=O)N(Cc1ccc(F)cc1)Cc1sccc1C. The monoisotopic (exact) mass is 513 g/mol. The van der Waals surface area contributed by atoms with Crippen molar-refractivity contribution in [3.63, 3.8) is 0 Å². The van der Waals surface area contributed by atoms with E-state index in [1.54, 1.807) is 53.7 Å². The van der Waals surface area contributed by atoms with Crippen LogP contribution in [-0.4, -0.2) is 55.2 Å². The Bertz CT molecular complexity index is 1140. The number of rotatable bonds is 12. The van der Waals surface area contributed by atoms with Gasteiger partial charge in [-0.25, -0.2) is 9.18 Å². The van der Waals surface area contributed by atoms with E-state index in [-0.39, 0.29) is 31.4 Å². The van der Waals surface area contributed by atoms with Crippen LogP contribution < -0.4 is 10.1 Å². The highest BCUT2D eigenvalue weighted by Gasteiger charge is 2.23. The summed E-state index contributed by atoms with van der Waals surface area (Å²) in [6.45, 7) is 5.38. The minimum absolute atomic E-state index is 0.141. The summed E-state index contributed by atoms with van der Waals surface area (Å²) < 4.78 is 24.2. The Balaban J connectivity index is 1.78. The smallest absolute Gasteiger partial charge is 0.322 e. The number of thiophene rings is 1. The highest BCUT2D eigenvalue weighted by atomic mass is 32.1. The van der Waals surface area contributed by atoms with Gasteiger partial charge in [-0.05, 0) is 60.7 Å². The molecular weight excluding hydrogens is 481 g/mol. The van der Waals surface area contributed by atoms with E-state index in [0.717, 1.165) is 16.0 Å². The molecule has 0 saturated heterocycles. The molecule has 2 aromatic carbocycles. The van der Waals surface area contributed by atoms with Crippen molar-refractivity contribution in [3.8, 4) is 5.75 Å². The number of aryl methyl sites for hydroxylation is 1. The van der Waals surface area contributed by atoms with Gasteiger partial charge >= 0.3 is 6.03 Å². The Morgan fingerprint density at radius 1 is 1.03 bits per heavy atom. The van der Waals surface area contributed by atoms with Crippen molar-refractivity contribution < 1.29 is 23.5 Å². The van der Waals surface area contributed by atoms with Gasteiger partial charge in [-0.3, -0.25) is 4.79 Å². The number of carbonyl (C=O) groups is 2. The van der Waals surface area contributed by atoms with Gasteiger partial charge in [0.2, 0.25) is 5.91 Å². The number of urea groups is 1. The summed E-state index contributed by atoms with van der Waals surface area (Å²) in [5, 5.41) is 4.84. The maximum Gasteiger partial charge on any atom is 0.322 e. The van der Waals surface area contributed by atoms with Gasteiger partial charge in [-0.2, -0.15) is 0 Å². The highest BCUT2D eigenvalue weighted by Crippen LogP contribution is 2.24. The first-order chi connectivity index (χ1) is 17.4. The zero-order valence-electron chi connectivity index (χ0n) is 20.8. The van der Waals surface area contributed by atoms with E-state index < -0.39 is 6.03 Å². The quantitative estimate of drug-likeness (QED) is 0.357. The molecule has 3 rings (SSSR count). The number of nitrogens with zero attached hydrogens (tertiary/aromatic N) is 2. The molecule has 0 spiro atoms. The van der Waals surface area contributed by atoms with Gasteiger partial charge in [-0.1, -0.05) is 24.3 Å². The third-order valence-corrected chi connectivity index (χ3v) is 6.56. The Hall–Kier alpha value is -3.43. The van der Waals surface area contributed by atoms with Crippen molar-refractivity contribution in [1.82, 2.24) is 9.80 Å². The summed E-state index contributed by atoms with van der Waals surface area (Å²) in [7, 11) is 1.54. The Labute approximate surface area is 215 Å². The van der Waals surface area contributed by atoms with Gasteiger partial charge < -0.3 is 24.6 Å². The molecule has 0 saturated carbocycles. The van der Waals surface area contributed by atoms with Gasteiger partial charge in [-0.15, -0.1) is 11.3 Å². The number of nitrogens with one attached hydrogen (secondary N) is 1. The van der Waals surface area contributed by atoms with Crippen LogP contribution in [0.2, 0.25) is 0 Å². The second-order valence-electron chi connectivity index (χ2n) is 8.18. The molecule has 1 N–H and O–H groups in total. The van der Waals surface area contributed by atoms with E-state index in [9.17, 15) is 14.0 Å². The molecule has 1 aromatic heterocycles. The van der Waals surface area contributed by atoms with Crippen molar-refractivity contribution in [2.24, 2.45) is 0 Å². The molecule has 0 aliphatic rings. The van der Waals surface area contributed by atoms with E-state index >= 15 is 0 Å². The first-order valence-corrected chi connectivity index (χ1v) is 12.6. The molecule has 9 heteroatoms. The maximum absolute atomic E-state index is 13.5. The molecule has 1 heterocycles. The minimum atomic E-state index is -0.429. The number of para-hydroxylation sites is 2. The second kappa shape index (κ2) is 13.6. The number of benzene rings is 2. The fraction of sp³-hybridized carbons (Fsp3) is 0.333. The molecule has 0 unspecified atom stereocenters. The summed E-state index contributed by atoms with van der Waals surface area (Å²) in [6, 6.07) is 14.8. The number of hydrogen-bond acceptors (Lipinski definition) is 5. The Morgan fingerprint density at radius 3 is 2.44 bits per heavy atom. The first kappa shape index (κ1) is 27.2. The number of carbonyl (C=O) groups excluding carboxylic acids is 2. The number of methoxy groups -OCH3 is 1. The van der Waals surface area contributed by atoms with Crippen molar-refractivity contribution in [2.75, 3.05) is 38.7 Å². The van der Waals surface area contributed by atoms with Crippen LogP contribution in [0.5, 0.6) is 5.75 Å². The molecule has 3 amide bonds. The topological polar surface area (TPSA) is 71.1 Å². The van der Waals surface area contributed by atoms with E-state index in [1.165, 1.54) is 17.0 Å². The first-order valence-electron chi connectivity index (χ1n) is 11.7. The number of halogens is 1. The lowest BCUT2D eigenvalue weighted by molar-refractivity contribution is -0.133. The van der Waals surface area contributed by atoms with Crippen LogP contribution in [0, 0.1) is 12.7 Å². The van der Waals surface area contributed by atoms with Crippen LogP contribution in [0.4, 0.5) is 14.9 Å². The van der Waals surface area contributed by atoms with Crippen molar-refractivity contribution in [2.45, 2.75) is 26.9 Å². The number of anilines is 1. The molecule has 0 fully saturated rings. The van der Waals surface area contributed by atoms with Crippen molar-refractivity contribution in [1.29, 1.82) is 0 Å². The van der Waals surface area contributed by atoms with Crippen LogP contribution in [0.25, 0.3) is 0 Å². The van der Waals surface area contributed by atoms with Crippen LogP contribution in [-0.2, 0) is 22.6 Å². The predicted molar refractivity (Wildman–Crippen MR) is 140 cm³/mol. The fourth-order valence-electron chi connectivity index (χ4n) is 3.54. The van der Waals surface area contributed by atoms with Crippen LogP contribution in [0.1, 0.15) is 22.9 Å². The molecule has 0 aliphatic carbocycles. The molecule has 0 bridgehead atoms. The van der Waals surface area contributed by atoms with Gasteiger partial charge in [0.05, 0.1) is 25.4 Å². The van der Waals surface area contributed by atoms with Gasteiger partial charge in [0, 0.05) is 25.1 Å². The molecule has 192 valence electrons. The standard InChI is InChI=1S/C27H32FN3O4S/c1-4-35-24-8-6-5-7-23(24)29-27(33)30(14-15-34-3)19-26(32)31(18-25-20(2)13-16-36-25)17-21-9-11-22(28)12-10-21/h5-13,16H,4,14-15,17-19H2,1-3H3,(H,29,33). The fourth-order valence-corrected chi connectivity index (χ4v) is 4.47. The lowest BCUT2D eigenvalue weighted by Crippen LogP contribution is -2.45. The Kier molecular flexibility index (Phi) is 10.3. The number of amides is 3. The molecule has 36 heavy (non-hydrogen) atoms. The molecule has 0 aliphatic heterocycles. The summed E-state index contributed by atoms with van der Waals surface area (Å²) in [6.07, 6.45) is 0. The third kappa shape index (κ3) is 7.79. The number of hydrogen-bond donors (Lipinski definition) is 1. The molecule has 0 atom stereocenters. The Morgan fingerprint density at radius 2 is 1.78 bits per heavy atom. The largest absolute Gasteiger partial charge is 0.492 e. The van der Waals surface area contributed by atoms with E-state index in [4.69, 9.17) is 9.47 Å². The van der Waals surface area contributed by atoms with Gasteiger partial charge in [0.1, 0.15) is 18.1 Å². The average Bonchev–Trinajstić information content (AvgIpc) is 3.28. The molecular formula is C27H32FN3O4S. The summed E-state index contributed by atoms with van der Waals surface area (Å²) in [4.78, 5) is 30.9. The average molecular weight is 514 g/mol. The lowest BCUT2D eigenvalue weighted by Gasteiger charge is -2.28. The van der Waals surface area contributed by atoms with Crippen molar-refractivity contribution in [3.05, 3.63) is 81.8 Å². The number of ether oxygens (including phenoxy) is 2. The van der Waals surface area contributed by atoms with Gasteiger partial charge in [0.15, 0.2) is 0 Å². The summed E-state index contributed by atoms with van der Waals surface area (Å²) in [5.41, 5.74) is 2.42. The molecule has 0 radical (unpaired) electrons. The molecule has 3 aromatic rings. The van der Waals surface area contributed by atoms with E-state index in [0.29, 0.717) is 31.1 Å². The van der Waals surface area contributed by atoms with E-state index in [2.05, 4.69) is 5.32 Å². The molecule has 7 nitrogen and oxygen atoms in total. The van der Waals surface area contributed by atoms with Crippen LogP contribution in [0.15, 0.2) is 60.0 Å². The van der Waals surface area contributed by atoms with E-state index in [1.807, 2.05) is 31.4 Å². The second-order valence-corrected chi connectivity index (χ2v) is 9.18. The summed E-state index contributed by atoms with van der Waals surface area (Å²) >= 11 is 1.57. The van der Waals surface area contributed by atoms with Gasteiger partial charge in [0.25, 0.3) is 0 Å². The minimum Gasteiger partial charge on any atom is -0.492 e. The lowest BCUT2D eigenvalue weighted by atomic mass is 10.2. The zero-order valence-corrected chi connectivity index (χ0v) is 21.6. The van der Waals surface area contributed by atoms with Crippen LogP contribution >= 0.6 is 11.3 Å². The van der Waals surface area contributed by atoms with Crippen LogP contribution in [0.3, 0.4) is 0 Å². The predicted octanol–water partition coefficient (Wildman–Crippen LogP) is 5.30. The zero-order chi connectivity index (χ0) is 25.9. The summed E-state index contributed by atoms with van der Waals surface area (Å²) in [5.74, 6) is -0.00517. The maximum atomic E-state index is 13.5.